The van der Waals surface area contributed by atoms with Crippen molar-refractivity contribution >= 4 is 29.2 Å². The number of carbonyl (C=O) groups is 1. The van der Waals surface area contributed by atoms with Crippen molar-refractivity contribution in [3.05, 3.63) is 27.7 Å². The zero-order valence-electron chi connectivity index (χ0n) is 7.58. The number of carboxylic acid groups (broad SMARTS) is 1. The Morgan fingerprint density at radius 2 is 2.00 bits per heavy atom. The topological polar surface area (TPSA) is 83.5 Å². The molecule has 0 radical (unpaired) electrons. The van der Waals surface area contributed by atoms with Crippen LogP contribution in [0.5, 0.6) is 5.75 Å². The average Bonchev–Trinajstić information content (AvgIpc) is 2.18. The van der Waals surface area contributed by atoms with Crippen molar-refractivity contribution in [2.75, 3.05) is 0 Å². The summed E-state index contributed by atoms with van der Waals surface area (Å²) in [5.41, 5.74) is 5.84. The van der Waals surface area contributed by atoms with Gasteiger partial charge in [-0.15, -0.1) is 0 Å². The van der Waals surface area contributed by atoms with Crippen LogP contribution in [0.3, 0.4) is 0 Å². The van der Waals surface area contributed by atoms with Gasteiger partial charge >= 0.3 is 5.97 Å². The Kier molecular flexibility index (Phi) is 3.79. The minimum Gasteiger partial charge on any atom is -0.506 e. The van der Waals surface area contributed by atoms with Crippen LogP contribution in [0.2, 0.25) is 10.0 Å². The molecule has 0 aliphatic rings. The first kappa shape index (κ1) is 12.1. The Morgan fingerprint density at radius 1 is 1.40 bits per heavy atom. The summed E-state index contributed by atoms with van der Waals surface area (Å²) in [6, 6.07) is 1.80. The third-order valence-electron chi connectivity index (χ3n) is 1.90. The number of aromatic hydroxyl groups is 1. The Hall–Kier alpha value is -0.970. The Bertz CT molecular complexity index is 395. The molecule has 15 heavy (non-hydrogen) atoms. The van der Waals surface area contributed by atoms with Crippen LogP contribution < -0.4 is 5.73 Å². The smallest absolute Gasteiger partial charge is 0.320 e. The zero-order chi connectivity index (χ0) is 11.6. The molecule has 0 amide bonds. The summed E-state index contributed by atoms with van der Waals surface area (Å²) in [7, 11) is 0. The number of nitrogens with two attached hydrogens (primary N) is 1. The molecule has 82 valence electrons. The van der Waals surface area contributed by atoms with E-state index < -0.39 is 12.0 Å². The number of hydrogen-bond donors (Lipinski definition) is 3. The van der Waals surface area contributed by atoms with Gasteiger partial charge in [-0.2, -0.15) is 0 Å². The largest absolute Gasteiger partial charge is 0.506 e. The van der Waals surface area contributed by atoms with Crippen LogP contribution in [0.25, 0.3) is 0 Å². The van der Waals surface area contributed by atoms with Crippen LogP contribution in [0.4, 0.5) is 0 Å². The molecular weight excluding hydrogens is 241 g/mol. The van der Waals surface area contributed by atoms with E-state index in [0.29, 0.717) is 5.56 Å². The summed E-state index contributed by atoms with van der Waals surface area (Å²) >= 11 is 11.5. The second kappa shape index (κ2) is 4.70. The van der Waals surface area contributed by atoms with E-state index in [4.69, 9.17) is 34.0 Å². The quantitative estimate of drug-likeness (QED) is 0.761. The van der Waals surface area contributed by atoms with Crippen molar-refractivity contribution in [2.24, 2.45) is 5.73 Å². The highest BCUT2D eigenvalue weighted by atomic mass is 35.5. The van der Waals surface area contributed by atoms with Gasteiger partial charge in [0.15, 0.2) is 0 Å². The predicted octanol–water partition coefficient (Wildman–Crippen LogP) is 1.65. The van der Waals surface area contributed by atoms with Gasteiger partial charge in [0.25, 0.3) is 0 Å². The summed E-state index contributed by atoms with van der Waals surface area (Å²) in [4.78, 5) is 10.5. The molecule has 0 saturated carbocycles. The number of carboxylic acids is 1. The number of hydrogen-bond acceptors (Lipinski definition) is 3. The predicted molar refractivity (Wildman–Crippen MR) is 57.4 cm³/mol. The minimum absolute atomic E-state index is 0.00626. The minimum atomic E-state index is -1.12. The Labute approximate surface area is 96.2 Å². The van der Waals surface area contributed by atoms with Crippen LogP contribution in [-0.2, 0) is 11.2 Å². The molecule has 1 atom stereocenters. The number of halogens is 2. The van der Waals surface area contributed by atoms with Crippen LogP contribution in [0.15, 0.2) is 12.1 Å². The summed E-state index contributed by atoms with van der Waals surface area (Å²) in [5, 5.41) is 18.0. The highest BCUT2D eigenvalue weighted by Crippen LogP contribution is 2.34. The molecular formula is C9H9Cl2NO3. The molecule has 0 fully saturated rings. The van der Waals surface area contributed by atoms with Crippen LogP contribution in [-0.4, -0.2) is 22.2 Å². The third kappa shape index (κ3) is 2.75. The maximum atomic E-state index is 10.5. The molecule has 1 aromatic rings. The van der Waals surface area contributed by atoms with Crippen molar-refractivity contribution in [1.29, 1.82) is 0 Å². The fourth-order valence-electron chi connectivity index (χ4n) is 1.06. The molecule has 0 saturated heterocycles. The van der Waals surface area contributed by atoms with Gasteiger partial charge in [0.05, 0.1) is 5.02 Å². The van der Waals surface area contributed by atoms with Crippen LogP contribution >= 0.6 is 23.2 Å². The third-order valence-corrected chi connectivity index (χ3v) is 2.81. The van der Waals surface area contributed by atoms with Crippen LogP contribution in [0.1, 0.15) is 5.56 Å². The first-order valence-electron chi connectivity index (χ1n) is 4.07. The number of phenols is 1. The number of benzene rings is 1. The van der Waals surface area contributed by atoms with E-state index in [9.17, 15) is 9.90 Å². The fraction of sp³-hybridized carbons (Fsp3) is 0.222. The molecule has 1 rings (SSSR count). The van der Waals surface area contributed by atoms with Crippen molar-refractivity contribution in [1.82, 2.24) is 0 Å². The first-order valence-corrected chi connectivity index (χ1v) is 4.83. The summed E-state index contributed by atoms with van der Waals surface area (Å²) < 4.78 is 0. The number of rotatable bonds is 3. The first-order chi connectivity index (χ1) is 6.93. The molecule has 0 unspecified atom stereocenters. The lowest BCUT2D eigenvalue weighted by molar-refractivity contribution is -0.138. The average molecular weight is 250 g/mol. The molecule has 0 aliphatic carbocycles. The van der Waals surface area contributed by atoms with E-state index in [2.05, 4.69) is 0 Å². The molecule has 0 spiro atoms. The van der Waals surface area contributed by atoms with Gasteiger partial charge in [0.1, 0.15) is 16.8 Å². The SMILES string of the molecule is N[C@@H](Cc1ccc(O)c(Cl)c1Cl)C(=O)O. The van der Waals surface area contributed by atoms with Gasteiger partial charge in [0.2, 0.25) is 0 Å². The lowest BCUT2D eigenvalue weighted by atomic mass is 10.1. The van der Waals surface area contributed by atoms with E-state index in [-0.39, 0.29) is 22.2 Å². The van der Waals surface area contributed by atoms with Gasteiger partial charge in [-0.25, -0.2) is 0 Å². The summed E-state index contributed by atoms with van der Waals surface area (Å²) in [5.74, 6) is -1.26. The molecule has 4 nitrogen and oxygen atoms in total. The van der Waals surface area contributed by atoms with E-state index in [1.165, 1.54) is 12.1 Å². The lowest BCUT2D eigenvalue weighted by Crippen LogP contribution is -2.32. The molecule has 6 heteroatoms. The highest BCUT2D eigenvalue weighted by Gasteiger charge is 2.16. The van der Waals surface area contributed by atoms with Crippen molar-refractivity contribution in [3.63, 3.8) is 0 Å². The molecule has 4 N–H and O–H groups in total. The fourth-order valence-corrected chi connectivity index (χ4v) is 1.48. The molecule has 0 bridgehead atoms. The second-order valence-corrected chi connectivity index (χ2v) is 3.78. The van der Waals surface area contributed by atoms with Gasteiger partial charge in [-0.3, -0.25) is 4.79 Å². The van der Waals surface area contributed by atoms with Gasteiger partial charge in [0, 0.05) is 0 Å². The van der Waals surface area contributed by atoms with Gasteiger partial charge < -0.3 is 15.9 Å². The second-order valence-electron chi connectivity index (χ2n) is 3.02. The summed E-state index contributed by atoms with van der Waals surface area (Å²) in [6.07, 6.45) is 0.0637. The van der Waals surface area contributed by atoms with Crippen molar-refractivity contribution in [2.45, 2.75) is 12.5 Å². The monoisotopic (exact) mass is 249 g/mol. The van der Waals surface area contributed by atoms with Gasteiger partial charge in [-0.1, -0.05) is 29.3 Å². The van der Waals surface area contributed by atoms with Gasteiger partial charge in [-0.05, 0) is 18.1 Å². The van der Waals surface area contributed by atoms with Crippen LogP contribution in [0, 0.1) is 0 Å². The van der Waals surface area contributed by atoms with E-state index >= 15 is 0 Å². The Morgan fingerprint density at radius 3 is 2.53 bits per heavy atom. The van der Waals surface area contributed by atoms with Crippen molar-refractivity contribution < 1.29 is 15.0 Å². The zero-order valence-corrected chi connectivity index (χ0v) is 9.09. The highest BCUT2D eigenvalue weighted by molar-refractivity contribution is 6.43. The maximum absolute atomic E-state index is 10.5. The molecule has 0 aliphatic heterocycles. The van der Waals surface area contributed by atoms with E-state index in [0.717, 1.165) is 0 Å². The Balaban J connectivity index is 2.97. The van der Waals surface area contributed by atoms with Crippen molar-refractivity contribution in [3.8, 4) is 5.75 Å². The standard InChI is InChI=1S/C9H9Cl2NO3/c10-7-4(3-5(12)9(14)15)1-2-6(13)8(7)11/h1-2,5,13H,3,12H2,(H,14,15)/t5-/m0/s1. The molecule has 0 aromatic heterocycles. The number of aliphatic carboxylic acids is 1. The van der Waals surface area contributed by atoms with E-state index in [1.807, 2.05) is 0 Å². The molecule has 1 aromatic carbocycles. The van der Waals surface area contributed by atoms with E-state index in [1.54, 1.807) is 0 Å². The maximum Gasteiger partial charge on any atom is 0.320 e. The summed E-state index contributed by atoms with van der Waals surface area (Å²) in [6.45, 7) is 0. The normalized spacial score (nSPS) is 12.5. The number of phenolic OH excluding ortho intramolecular Hbond substituents is 1. The lowest BCUT2D eigenvalue weighted by Gasteiger charge is -2.09. The molecule has 0 heterocycles.